The highest BCUT2D eigenvalue weighted by Crippen LogP contribution is 2.24. The SMILES string of the molecule is CCn1cc(-c2cc(C(=O)NCc3cnn(C)c3)c3ccccc3n2)cn1. The molecular formula is C20H20N6O. The molecule has 0 bridgehead atoms. The number of fused-ring (bicyclic) bond motifs is 1. The van der Waals surface area contributed by atoms with Crippen LogP contribution in [0.3, 0.4) is 0 Å². The fourth-order valence-corrected chi connectivity index (χ4v) is 3.02. The van der Waals surface area contributed by atoms with Gasteiger partial charge in [0.2, 0.25) is 0 Å². The monoisotopic (exact) mass is 360 g/mol. The molecule has 1 amide bonds. The molecule has 0 atom stereocenters. The highest BCUT2D eigenvalue weighted by atomic mass is 16.1. The summed E-state index contributed by atoms with van der Waals surface area (Å²) in [7, 11) is 1.85. The van der Waals surface area contributed by atoms with Gasteiger partial charge in [-0.15, -0.1) is 0 Å². The average molecular weight is 360 g/mol. The molecule has 0 aliphatic rings. The summed E-state index contributed by atoms with van der Waals surface area (Å²) in [5.74, 6) is -0.137. The average Bonchev–Trinajstić information content (AvgIpc) is 3.34. The Morgan fingerprint density at radius 1 is 1.15 bits per heavy atom. The Morgan fingerprint density at radius 2 is 2.00 bits per heavy atom. The summed E-state index contributed by atoms with van der Waals surface area (Å²) in [5, 5.41) is 12.2. The molecule has 7 heteroatoms. The first-order valence-corrected chi connectivity index (χ1v) is 8.82. The Balaban J connectivity index is 1.70. The van der Waals surface area contributed by atoms with E-state index in [9.17, 15) is 4.79 Å². The van der Waals surface area contributed by atoms with Gasteiger partial charge in [-0.25, -0.2) is 4.98 Å². The second-order valence-electron chi connectivity index (χ2n) is 6.36. The van der Waals surface area contributed by atoms with Gasteiger partial charge in [0.1, 0.15) is 0 Å². The lowest BCUT2D eigenvalue weighted by atomic mass is 10.0. The lowest BCUT2D eigenvalue weighted by Gasteiger charge is -2.09. The van der Waals surface area contributed by atoms with Crippen molar-refractivity contribution in [2.24, 2.45) is 7.05 Å². The molecule has 0 spiro atoms. The van der Waals surface area contributed by atoms with Gasteiger partial charge in [0, 0.05) is 49.0 Å². The van der Waals surface area contributed by atoms with Crippen LogP contribution < -0.4 is 5.32 Å². The van der Waals surface area contributed by atoms with Gasteiger partial charge in [0.15, 0.2) is 0 Å². The van der Waals surface area contributed by atoms with Gasteiger partial charge in [0.05, 0.1) is 29.2 Å². The molecule has 7 nitrogen and oxygen atoms in total. The van der Waals surface area contributed by atoms with Crippen molar-refractivity contribution in [3.05, 3.63) is 66.2 Å². The molecular weight excluding hydrogens is 340 g/mol. The first kappa shape index (κ1) is 17.0. The molecule has 0 fully saturated rings. The number of hydrogen-bond donors (Lipinski definition) is 1. The topological polar surface area (TPSA) is 77.6 Å². The molecule has 3 heterocycles. The number of para-hydroxylation sites is 1. The van der Waals surface area contributed by atoms with Gasteiger partial charge in [-0.2, -0.15) is 10.2 Å². The van der Waals surface area contributed by atoms with Crippen molar-refractivity contribution in [3.63, 3.8) is 0 Å². The van der Waals surface area contributed by atoms with E-state index in [2.05, 4.69) is 15.5 Å². The number of carbonyl (C=O) groups excluding carboxylic acids is 1. The standard InChI is InChI=1S/C20H20N6O/c1-3-26-13-15(11-23-26)19-8-17(16-6-4-5-7-18(16)24-19)20(27)21-9-14-10-22-25(2)12-14/h4-8,10-13H,3,9H2,1-2H3,(H,21,27). The molecule has 136 valence electrons. The smallest absolute Gasteiger partial charge is 0.252 e. The normalized spacial score (nSPS) is 11.0. The maximum Gasteiger partial charge on any atom is 0.252 e. The number of amides is 1. The number of nitrogens with zero attached hydrogens (tertiary/aromatic N) is 5. The van der Waals surface area contributed by atoms with Crippen LogP contribution in [0.2, 0.25) is 0 Å². The predicted molar refractivity (Wildman–Crippen MR) is 103 cm³/mol. The van der Waals surface area contributed by atoms with Crippen LogP contribution in [-0.4, -0.2) is 30.5 Å². The molecule has 4 aromatic rings. The lowest BCUT2D eigenvalue weighted by Crippen LogP contribution is -2.23. The van der Waals surface area contributed by atoms with Crippen LogP contribution in [0.1, 0.15) is 22.8 Å². The van der Waals surface area contributed by atoms with Gasteiger partial charge < -0.3 is 5.32 Å². The maximum atomic E-state index is 12.9. The van der Waals surface area contributed by atoms with Gasteiger partial charge in [0.25, 0.3) is 5.91 Å². The minimum Gasteiger partial charge on any atom is -0.348 e. The molecule has 0 radical (unpaired) electrons. The van der Waals surface area contributed by atoms with Crippen LogP contribution in [0.25, 0.3) is 22.2 Å². The Bertz CT molecular complexity index is 1110. The lowest BCUT2D eigenvalue weighted by molar-refractivity contribution is 0.0952. The van der Waals surface area contributed by atoms with Crippen molar-refractivity contribution in [1.29, 1.82) is 0 Å². The number of carbonyl (C=O) groups is 1. The van der Waals surface area contributed by atoms with E-state index in [-0.39, 0.29) is 5.91 Å². The van der Waals surface area contributed by atoms with Gasteiger partial charge in [-0.1, -0.05) is 18.2 Å². The van der Waals surface area contributed by atoms with Gasteiger partial charge >= 0.3 is 0 Å². The number of hydrogen-bond acceptors (Lipinski definition) is 4. The zero-order valence-electron chi connectivity index (χ0n) is 15.3. The molecule has 4 rings (SSSR count). The van der Waals surface area contributed by atoms with E-state index in [1.165, 1.54) is 0 Å². The van der Waals surface area contributed by atoms with E-state index in [1.807, 2.05) is 61.4 Å². The van der Waals surface area contributed by atoms with E-state index in [0.29, 0.717) is 12.1 Å². The van der Waals surface area contributed by atoms with Gasteiger partial charge in [-0.3, -0.25) is 14.2 Å². The highest BCUT2D eigenvalue weighted by molar-refractivity contribution is 6.07. The van der Waals surface area contributed by atoms with E-state index in [0.717, 1.165) is 34.3 Å². The second kappa shape index (κ2) is 7.03. The van der Waals surface area contributed by atoms with Crippen molar-refractivity contribution in [1.82, 2.24) is 29.9 Å². The number of rotatable bonds is 5. The number of aryl methyl sites for hydroxylation is 2. The zero-order chi connectivity index (χ0) is 18.8. The molecule has 0 aliphatic heterocycles. The van der Waals surface area contributed by atoms with Crippen LogP contribution in [0.15, 0.2) is 55.1 Å². The molecule has 1 aromatic carbocycles. The summed E-state index contributed by atoms with van der Waals surface area (Å²) in [6.45, 7) is 3.24. The summed E-state index contributed by atoms with van der Waals surface area (Å²) in [4.78, 5) is 17.6. The highest BCUT2D eigenvalue weighted by Gasteiger charge is 2.15. The van der Waals surface area contributed by atoms with Crippen LogP contribution in [-0.2, 0) is 20.1 Å². The Labute approximate surface area is 156 Å². The third-order valence-corrected chi connectivity index (χ3v) is 4.43. The van der Waals surface area contributed by atoms with Crippen LogP contribution in [0.4, 0.5) is 0 Å². The van der Waals surface area contributed by atoms with Crippen LogP contribution >= 0.6 is 0 Å². The molecule has 0 saturated heterocycles. The van der Waals surface area contributed by atoms with E-state index in [4.69, 9.17) is 4.98 Å². The van der Waals surface area contributed by atoms with Gasteiger partial charge in [-0.05, 0) is 19.1 Å². The minimum atomic E-state index is -0.137. The number of benzene rings is 1. The summed E-state index contributed by atoms with van der Waals surface area (Å²) in [5.41, 5.74) is 3.96. The first-order valence-electron chi connectivity index (χ1n) is 8.82. The summed E-state index contributed by atoms with van der Waals surface area (Å²) in [6.07, 6.45) is 7.34. The van der Waals surface area contributed by atoms with E-state index < -0.39 is 0 Å². The Kier molecular flexibility index (Phi) is 4.42. The second-order valence-corrected chi connectivity index (χ2v) is 6.36. The fourth-order valence-electron chi connectivity index (χ4n) is 3.02. The van der Waals surface area contributed by atoms with Crippen molar-refractivity contribution < 1.29 is 4.79 Å². The Hall–Kier alpha value is -3.48. The van der Waals surface area contributed by atoms with Crippen molar-refractivity contribution >= 4 is 16.8 Å². The fraction of sp³-hybridized carbons (Fsp3) is 0.200. The maximum absolute atomic E-state index is 12.9. The van der Waals surface area contributed by atoms with Crippen molar-refractivity contribution in [2.45, 2.75) is 20.0 Å². The summed E-state index contributed by atoms with van der Waals surface area (Å²) < 4.78 is 3.56. The van der Waals surface area contributed by atoms with E-state index >= 15 is 0 Å². The molecule has 3 aromatic heterocycles. The molecule has 0 unspecified atom stereocenters. The van der Waals surface area contributed by atoms with Crippen LogP contribution in [0.5, 0.6) is 0 Å². The summed E-state index contributed by atoms with van der Waals surface area (Å²) in [6, 6.07) is 9.50. The molecule has 1 N–H and O–H groups in total. The van der Waals surface area contributed by atoms with Crippen molar-refractivity contribution in [3.8, 4) is 11.3 Å². The molecule has 27 heavy (non-hydrogen) atoms. The number of pyridine rings is 1. The minimum absolute atomic E-state index is 0.137. The predicted octanol–water partition coefficient (Wildman–Crippen LogP) is 2.78. The quantitative estimate of drug-likeness (QED) is 0.594. The summed E-state index contributed by atoms with van der Waals surface area (Å²) >= 11 is 0. The number of nitrogens with one attached hydrogen (secondary N) is 1. The third kappa shape index (κ3) is 3.44. The zero-order valence-corrected chi connectivity index (χ0v) is 15.3. The van der Waals surface area contributed by atoms with Crippen molar-refractivity contribution in [2.75, 3.05) is 0 Å². The Morgan fingerprint density at radius 3 is 2.74 bits per heavy atom. The largest absolute Gasteiger partial charge is 0.348 e. The first-order chi connectivity index (χ1) is 13.1. The van der Waals surface area contributed by atoms with E-state index in [1.54, 1.807) is 17.1 Å². The third-order valence-electron chi connectivity index (χ3n) is 4.43. The molecule has 0 aliphatic carbocycles. The molecule has 0 saturated carbocycles. The van der Waals surface area contributed by atoms with Crippen LogP contribution in [0, 0.1) is 0 Å². The number of aromatic nitrogens is 5.